The smallest absolute Gasteiger partial charge is 0.240 e. The van der Waals surface area contributed by atoms with Crippen molar-refractivity contribution >= 4 is 10.0 Å². The number of benzene rings is 1. The van der Waals surface area contributed by atoms with Gasteiger partial charge < -0.3 is 10.1 Å². The topological polar surface area (TPSA) is 67.4 Å². The van der Waals surface area contributed by atoms with Crippen LogP contribution in [0.1, 0.15) is 31.9 Å². The zero-order valence-electron chi connectivity index (χ0n) is 12.6. The van der Waals surface area contributed by atoms with Crippen LogP contribution < -0.4 is 10.0 Å². The summed E-state index contributed by atoms with van der Waals surface area (Å²) in [5, 5.41) is 3.30. The van der Waals surface area contributed by atoms with Crippen molar-refractivity contribution in [2.75, 3.05) is 26.3 Å². The van der Waals surface area contributed by atoms with Gasteiger partial charge in [0.1, 0.15) is 0 Å². The van der Waals surface area contributed by atoms with Crippen LogP contribution in [-0.2, 0) is 14.8 Å². The monoisotopic (exact) mass is 312 g/mol. The van der Waals surface area contributed by atoms with Crippen LogP contribution in [0.4, 0.5) is 0 Å². The van der Waals surface area contributed by atoms with Gasteiger partial charge in [-0.05, 0) is 43.5 Å². The molecule has 1 aliphatic rings. The summed E-state index contributed by atoms with van der Waals surface area (Å²) in [7, 11) is -3.43. The second-order valence-electron chi connectivity index (χ2n) is 5.43. The number of ether oxygens (including phenoxy) is 1. The molecule has 21 heavy (non-hydrogen) atoms. The SMILES string of the molecule is CCNC(C)c1ccc(S(=O)(=O)NCC2CCOC2)cc1. The molecule has 1 aromatic rings. The number of hydrogen-bond acceptors (Lipinski definition) is 4. The van der Waals surface area contributed by atoms with Crippen molar-refractivity contribution in [2.45, 2.75) is 31.2 Å². The lowest BCUT2D eigenvalue weighted by Gasteiger charge is -2.14. The van der Waals surface area contributed by atoms with Crippen molar-refractivity contribution in [1.82, 2.24) is 10.0 Å². The Labute approximate surface area is 127 Å². The molecule has 0 amide bonds. The van der Waals surface area contributed by atoms with E-state index < -0.39 is 10.0 Å². The third-order valence-corrected chi connectivity index (χ3v) is 5.23. The zero-order chi connectivity index (χ0) is 15.3. The van der Waals surface area contributed by atoms with Gasteiger partial charge in [0.15, 0.2) is 0 Å². The summed E-state index contributed by atoms with van der Waals surface area (Å²) in [5.41, 5.74) is 1.08. The average Bonchev–Trinajstić information content (AvgIpc) is 2.99. The fourth-order valence-electron chi connectivity index (χ4n) is 2.41. The minimum absolute atomic E-state index is 0.218. The Morgan fingerprint density at radius 1 is 1.33 bits per heavy atom. The van der Waals surface area contributed by atoms with Crippen molar-refractivity contribution in [1.29, 1.82) is 0 Å². The number of hydrogen-bond donors (Lipinski definition) is 2. The molecule has 1 aliphatic heterocycles. The number of rotatable bonds is 7. The van der Waals surface area contributed by atoms with Crippen LogP contribution in [0.15, 0.2) is 29.2 Å². The Balaban J connectivity index is 1.99. The summed E-state index contributed by atoms with van der Waals surface area (Å²) in [5.74, 6) is 0.285. The van der Waals surface area contributed by atoms with Crippen molar-refractivity contribution in [3.8, 4) is 0 Å². The molecule has 0 spiro atoms. The van der Waals surface area contributed by atoms with E-state index in [0.29, 0.717) is 18.0 Å². The molecular formula is C15H24N2O3S. The van der Waals surface area contributed by atoms with Gasteiger partial charge >= 0.3 is 0 Å². The Hall–Kier alpha value is -0.950. The maximum absolute atomic E-state index is 12.2. The van der Waals surface area contributed by atoms with Gasteiger partial charge in [0.05, 0.1) is 11.5 Å². The van der Waals surface area contributed by atoms with E-state index >= 15 is 0 Å². The quantitative estimate of drug-likeness (QED) is 0.804. The number of sulfonamides is 1. The molecule has 2 atom stereocenters. The zero-order valence-corrected chi connectivity index (χ0v) is 13.4. The summed E-state index contributed by atoms with van der Waals surface area (Å²) >= 11 is 0. The molecule has 0 bridgehead atoms. The summed E-state index contributed by atoms with van der Waals surface area (Å²) in [4.78, 5) is 0.314. The molecule has 0 aromatic heterocycles. The largest absolute Gasteiger partial charge is 0.381 e. The lowest BCUT2D eigenvalue weighted by Crippen LogP contribution is -2.29. The Kier molecular flexibility index (Phi) is 5.75. The van der Waals surface area contributed by atoms with Gasteiger partial charge in [-0.2, -0.15) is 0 Å². The van der Waals surface area contributed by atoms with Crippen LogP contribution in [0.25, 0.3) is 0 Å². The lowest BCUT2D eigenvalue weighted by molar-refractivity contribution is 0.186. The molecule has 5 nitrogen and oxygen atoms in total. The van der Waals surface area contributed by atoms with Gasteiger partial charge in [0.25, 0.3) is 0 Å². The fraction of sp³-hybridized carbons (Fsp3) is 0.600. The first kappa shape index (κ1) is 16.4. The molecule has 0 aliphatic carbocycles. The van der Waals surface area contributed by atoms with Crippen LogP contribution in [-0.4, -0.2) is 34.7 Å². The summed E-state index contributed by atoms with van der Waals surface area (Å²) < 4.78 is 32.4. The first-order valence-electron chi connectivity index (χ1n) is 7.43. The summed E-state index contributed by atoms with van der Waals surface area (Å²) in [6, 6.07) is 7.27. The predicted molar refractivity (Wildman–Crippen MR) is 82.6 cm³/mol. The van der Waals surface area contributed by atoms with Crippen molar-refractivity contribution in [2.24, 2.45) is 5.92 Å². The molecular weight excluding hydrogens is 288 g/mol. The van der Waals surface area contributed by atoms with E-state index in [1.807, 2.05) is 19.1 Å². The molecule has 118 valence electrons. The van der Waals surface area contributed by atoms with Crippen molar-refractivity contribution in [3.05, 3.63) is 29.8 Å². The minimum Gasteiger partial charge on any atom is -0.381 e. The molecule has 0 saturated carbocycles. The molecule has 1 fully saturated rings. The maximum Gasteiger partial charge on any atom is 0.240 e. The number of nitrogens with one attached hydrogen (secondary N) is 2. The van der Waals surface area contributed by atoms with E-state index in [-0.39, 0.29) is 12.0 Å². The molecule has 2 unspecified atom stereocenters. The Bertz CT molecular complexity index is 537. The van der Waals surface area contributed by atoms with Crippen LogP contribution >= 0.6 is 0 Å². The van der Waals surface area contributed by atoms with Gasteiger partial charge in [0, 0.05) is 19.2 Å². The second kappa shape index (κ2) is 7.35. The van der Waals surface area contributed by atoms with Crippen molar-refractivity contribution < 1.29 is 13.2 Å². The van der Waals surface area contributed by atoms with E-state index in [1.165, 1.54) is 0 Å². The first-order valence-corrected chi connectivity index (χ1v) is 8.92. The Morgan fingerprint density at radius 3 is 2.62 bits per heavy atom. The predicted octanol–water partition coefficient (Wildman–Crippen LogP) is 1.67. The maximum atomic E-state index is 12.2. The van der Waals surface area contributed by atoms with Crippen LogP contribution in [0, 0.1) is 5.92 Å². The van der Waals surface area contributed by atoms with E-state index in [9.17, 15) is 8.42 Å². The van der Waals surface area contributed by atoms with Gasteiger partial charge in [0.2, 0.25) is 10.0 Å². The van der Waals surface area contributed by atoms with E-state index in [4.69, 9.17) is 4.74 Å². The van der Waals surface area contributed by atoms with E-state index in [0.717, 1.165) is 25.1 Å². The van der Waals surface area contributed by atoms with E-state index in [1.54, 1.807) is 12.1 Å². The van der Waals surface area contributed by atoms with Gasteiger partial charge in [-0.1, -0.05) is 19.1 Å². The lowest BCUT2D eigenvalue weighted by atomic mass is 10.1. The highest BCUT2D eigenvalue weighted by Gasteiger charge is 2.20. The van der Waals surface area contributed by atoms with Crippen LogP contribution in [0.2, 0.25) is 0 Å². The van der Waals surface area contributed by atoms with Gasteiger partial charge in [-0.15, -0.1) is 0 Å². The standard InChI is InChI=1S/C15H24N2O3S/c1-3-16-12(2)14-4-6-15(7-5-14)21(18,19)17-10-13-8-9-20-11-13/h4-7,12-13,16-17H,3,8-11H2,1-2H3. The third-order valence-electron chi connectivity index (χ3n) is 3.79. The molecule has 1 heterocycles. The molecule has 6 heteroatoms. The second-order valence-corrected chi connectivity index (χ2v) is 7.20. The normalized spacial score (nSPS) is 20.6. The summed E-state index contributed by atoms with van der Waals surface area (Å²) in [6.45, 7) is 6.80. The highest BCUT2D eigenvalue weighted by Crippen LogP contribution is 2.17. The molecule has 1 saturated heterocycles. The highest BCUT2D eigenvalue weighted by atomic mass is 32.2. The fourth-order valence-corrected chi connectivity index (χ4v) is 3.53. The third kappa shape index (κ3) is 4.51. The first-order chi connectivity index (χ1) is 10.0. The molecule has 2 rings (SSSR count). The highest BCUT2D eigenvalue weighted by molar-refractivity contribution is 7.89. The minimum atomic E-state index is -3.43. The van der Waals surface area contributed by atoms with Crippen LogP contribution in [0.3, 0.4) is 0 Å². The molecule has 1 aromatic carbocycles. The molecule has 2 N–H and O–H groups in total. The van der Waals surface area contributed by atoms with E-state index in [2.05, 4.69) is 17.0 Å². The van der Waals surface area contributed by atoms with Crippen molar-refractivity contribution in [3.63, 3.8) is 0 Å². The Morgan fingerprint density at radius 2 is 2.05 bits per heavy atom. The van der Waals surface area contributed by atoms with Crippen LogP contribution in [0.5, 0.6) is 0 Å². The van der Waals surface area contributed by atoms with Gasteiger partial charge in [-0.3, -0.25) is 0 Å². The average molecular weight is 312 g/mol. The summed E-state index contributed by atoms with van der Waals surface area (Å²) in [6.07, 6.45) is 0.918. The van der Waals surface area contributed by atoms with Gasteiger partial charge in [-0.25, -0.2) is 13.1 Å². The molecule has 0 radical (unpaired) electrons.